The van der Waals surface area contributed by atoms with Gasteiger partial charge in [-0.05, 0) is 56.7 Å². The largest absolute Gasteiger partial charge is 0.493 e. The zero-order chi connectivity index (χ0) is 22.8. The Labute approximate surface area is 192 Å². The van der Waals surface area contributed by atoms with E-state index in [1.54, 1.807) is 14.2 Å². The molecule has 1 aliphatic rings. The topological polar surface area (TPSA) is 61.4 Å². The van der Waals surface area contributed by atoms with Crippen molar-refractivity contribution < 1.29 is 9.47 Å². The molecule has 0 aromatic heterocycles. The number of methoxy groups -OCH3 is 2. The van der Waals surface area contributed by atoms with Gasteiger partial charge in [0.25, 0.3) is 0 Å². The van der Waals surface area contributed by atoms with Crippen LogP contribution in [0.25, 0.3) is 0 Å². The number of benzene rings is 2. The number of hydrogen-bond donors (Lipinski definition) is 2. The van der Waals surface area contributed by atoms with Gasteiger partial charge >= 0.3 is 0 Å². The van der Waals surface area contributed by atoms with Crippen LogP contribution < -0.4 is 20.1 Å². The van der Waals surface area contributed by atoms with E-state index in [-0.39, 0.29) is 0 Å². The molecule has 1 aliphatic heterocycles. The predicted octanol–water partition coefficient (Wildman–Crippen LogP) is 3.42. The van der Waals surface area contributed by atoms with Crippen LogP contribution in [0.3, 0.4) is 0 Å². The molecule has 2 aromatic rings. The summed E-state index contributed by atoms with van der Waals surface area (Å²) in [5.41, 5.74) is 3.44. The zero-order valence-corrected chi connectivity index (χ0v) is 19.9. The van der Waals surface area contributed by atoms with Gasteiger partial charge in [-0.25, -0.2) is 4.99 Å². The summed E-state index contributed by atoms with van der Waals surface area (Å²) in [7, 11) is 5.48. The van der Waals surface area contributed by atoms with Crippen LogP contribution in [0.1, 0.15) is 24.5 Å². The standard InChI is InChI=1S/C25H37N5O2/c1-5-26-25(28-22-11-12-23(31-3)24(17-22)32-4)27-18-20-7-9-21(10-8-20)19-30-14-6-13-29(2)15-16-30/h7-12,17H,5-6,13-16,18-19H2,1-4H3,(H2,26,27,28). The van der Waals surface area contributed by atoms with Crippen LogP contribution in [0, 0.1) is 0 Å². The van der Waals surface area contributed by atoms with Gasteiger partial charge in [0.2, 0.25) is 0 Å². The molecule has 0 radical (unpaired) electrons. The van der Waals surface area contributed by atoms with Crippen molar-refractivity contribution >= 4 is 11.6 Å². The van der Waals surface area contributed by atoms with E-state index in [1.807, 2.05) is 18.2 Å². The highest BCUT2D eigenvalue weighted by Crippen LogP contribution is 2.29. The fraction of sp³-hybridized carbons (Fsp3) is 0.480. The summed E-state index contributed by atoms with van der Waals surface area (Å²) >= 11 is 0. The number of guanidine groups is 1. The van der Waals surface area contributed by atoms with Crippen molar-refractivity contribution in [3.8, 4) is 11.5 Å². The first-order valence-electron chi connectivity index (χ1n) is 11.4. The summed E-state index contributed by atoms with van der Waals surface area (Å²) in [5.74, 6) is 2.12. The third kappa shape index (κ3) is 7.14. The fourth-order valence-electron chi connectivity index (χ4n) is 3.79. The average molecular weight is 440 g/mol. The fourth-order valence-corrected chi connectivity index (χ4v) is 3.79. The minimum atomic E-state index is 0.609. The van der Waals surface area contributed by atoms with E-state index < -0.39 is 0 Å². The van der Waals surface area contributed by atoms with Gasteiger partial charge in [0, 0.05) is 37.9 Å². The average Bonchev–Trinajstić information content (AvgIpc) is 3.02. The van der Waals surface area contributed by atoms with Gasteiger partial charge < -0.3 is 25.0 Å². The number of likely N-dealkylation sites (N-methyl/N-ethyl adjacent to an activating group) is 1. The Balaban J connectivity index is 1.60. The van der Waals surface area contributed by atoms with Crippen molar-refractivity contribution in [3.63, 3.8) is 0 Å². The number of aliphatic imine (C=N–C) groups is 1. The lowest BCUT2D eigenvalue weighted by Crippen LogP contribution is -2.30. The highest BCUT2D eigenvalue weighted by atomic mass is 16.5. The van der Waals surface area contributed by atoms with E-state index >= 15 is 0 Å². The molecule has 0 unspecified atom stereocenters. The van der Waals surface area contributed by atoms with Crippen molar-refractivity contribution in [2.24, 2.45) is 4.99 Å². The SMILES string of the molecule is CCNC(=NCc1ccc(CN2CCCN(C)CC2)cc1)Nc1ccc(OC)c(OC)c1. The van der Waals surface area contributed by atoms with E-state index in [0.29, 0.717) is 18.0 Å². The quantitative estimate of drug-likeness (QED) is 0.486. The van der Waals surface area contributed by atoms with Gasteiger partial charge in [-0.3, -0.25) is 4.90 Å². The number of hydrogen-bond acceptors (Lipinski definition) is 5. The molecule has 2 N–H and O–H groups in total. The van der Waals surface area contributed by atoms with Gasteiger partial charge in [0.1, 0.15) is 0 Å². The molecule has 0 atom stereocenters. The third-order valence-corrected chi connectivity index (χ3v) is 5.65. The van der Waals surface area contributed by atoms with Gasteiger partial charge in [0.15, 0.2) is 17.5 Å². The Kier molecular flexibility index (Phi) is 9.19. The predicted molar refractivity (Wildman–Crippen MR) is 132 cm³/mol. The molecule has 0 spiro atoms. The van der Waals surface area contributed by atoms with Crippen LogP contribution >= 0.6 is 0 Å². The molecular weight excluding hydrogens is 402 g/mol. The molecule has 1 saturated heterocycles. The minimum Gasteiger partial charge on any atom is -0.493 e. The Hall–Kier alpha value is -2.77. The maximum Gasteiger partial charge on any atom is 0.196 e. The van der Waals surface area contributed by atoms with E-state index in [2.05, 4.69) is 58.7 Å². The lowest BCUT2D eigenvalue weighted by molar-refractivity contribution is 0.269. The third-order valence-electron chi connectivity index (χ3n) is 5.65. The molecule has 0 bridgehead atoms. The number of ether oxygens (including phenoxy) is 2. The number of rotatable bonds is 8. The summed E-state index contributed by atoms with van der Waals surface area (Å²) in [6.45, 7) is 9.11. The Morgan fingerprint density at radius 2 is 1.69 bits per heavy atom. The normalized spacial score (nSPS) is 15.8. The lowest BCUT2D eigenvalue weighted by Gasteiger charge is -2.20. The molecule has 7 nitrogen and oxygen atoms in total. The maximum atomic E-state index is 5.39. The molecule has 0 aliphatic carbocycles. The van der Waals surface area contributed by atoms with Gasteiger partial charge in [-0.2, -0.15) is 0 Å². The number of nitrogens with zero attached hydrogens (tertiary/aromatic N) is 3. The summed E-state index contributed by atoms with van der Waals surface area (Å²) < 4.78 is 10.7. The minimum absolute atomic E-state index is 0.609. The molecule has 0 saturated carbocycles. The Bertz CT molecular complexity index is 869. The molecule has 32 heavy (non-hydrogen) atoms. The van der Waals surface area contributed by atoms with Crippen LogP contribution in [-0.4, -0.2) is 69.8 Å². The van der Waals surface area contributed by atoms with Gasteiger partial charge in [-0.1, -0.05) is 24.3 Å². The van der Waals surface area contributed by atoms with E-state index in [0.717, 1.165) is 37.8 Å². The number of nitrogens with one attached hydrogen (secondary N) is 2. The summed E-state index contributed by atoms with van der Waals surface area (Å²) in [6.07, 6.45) is 1.24. The molecule has 7 heteroatoms. The molecule has 0 amide bonds. The molecule has 3 rings (SSSR count). The van der Waals surface area contributed by atoms with Crippen molar-refractivity contribution in [1.29, 1.82) is 0 Å². The highest BCUT2D eigenvalue weighted by molar-refractivity contribution is 5.93. The van der Waals surface area contributed by atoms with Crippen molar-refractivity contribution in [1.82, 2.24) is 15.1 Å². The Morgan fingerprint density at radius 3 is 2.41 bits per heavy atom. The van der Waals surface area contributed by atoms with Crippen LogP contribution in [-0.2, 0) is 13.1 Å². The smallest absolute Gasteiger partial charge is 0.196 e. The van der Waals surface area contributed by atoms with Crippen molar-refractivity contribution in [3.05, 3.63) is 53.6 Å². The highest BCUT2D eigenvalue weighted by Gasteiger charge is 2.12. The molecular formula is C25H37N5O2. The van der Waals surface area contributed by atoms with Gasteiger partial charge in [0.05, 0.1) is 20.8 Å². The number of anilines is 1. The van der Waals surface area contributed by atoms with Crippen LogP contribution in [0.5, 0.6) is 11.5 Å². The second-order valence-corrected chi connectivity index (χ2v) is 8.14. The zero-order valence-electron chi connectivity index (χ0n) is 19.9. The second-order valence-electron chi connectivity index (χ2n) is 8.14. The monoisotopic (exact) mass is 439 g/mol. The Morgan fingerprint density at radius 1 is 0.938 bits per heavy atom. The van der Waals surface area contributed by atoms with Crippen LogP contribution in [0.2, 0.25) is 0 Å². The van der Waals surface area contributed by atoms with Crippen molar-refractivity contribution in [2.75, 3.05) is 59.3 Å². The molecule has 174 valence electrons. The first kappa shape index (κ1) is 23.9. The first-order chi connectivity index (χ1) is 15.6. The summed E-state index contributed by atoms with van der Waals surface area (Å²) in [5, 5.41) is 6.64. The van der Waals surface area contributed by atoms with E-state index in [4.69, 9.17) is 14.5 Å². The van der Waals surface area contributed by atoms with Crippen LogP contribution in [0.4, 0.5) is 5.69 Å². The molecule has 2 aromatic carbocycles. The van der Waals surface area contributed by atoms with E-state index in [1.165, 1.54) is 30.6 Å². The molecule has 1 heterocycles. The van der Waals surface area contributed by atoms with Gasteiger partial charge in [-0.15, -0.1) is 0 Å². The summed E-state index contributed by atoms with van der Waals surface area (Å²) in [4.78, 5) is 9.71. The molecule has 1 fully saturated rings. The maximum absolute atomic E-state index is 5.39. The second kappa shape index (κ2) is 12.3. The lowest BCUT2D eigenvalue weighted by atomic mass is 10.1. The first-order valence-corrected chi connectivity index (χ1v) is 11.4. The van der Waals surface area contributed by atoms with Crippen LogP contribution in [0.15, 0.2) is 47.5 Å². The summed E-state index contributed by atoms with van der Waals surface area (Å²) in [6, 6.07) is 14.6. The van der Waals surface area contributed by atoms with E-state index in [9.17, 15) is 0 Å². The van der Waals surface area contributed by atoms with Crippen molar-refractivity contribution in [2.45, 2.75) is 26.4 Å².